The third-order valence-corrected chi connectivity index (χ3v) is 4.80. The highest BCUT2D eigenvalue weighted by Gasteiger charge is 2.28. The van der Waals surface area contributed by atoms with Gasteiger partial charge in [0.2, 0.25) is 10.0 Å². The molecule has 0 spiro atoms. The summed E-state index contributed by atoms with van der Waals surface area (Å²) >= 11 is 0. The Morgan fingerprint density at radius 3 is 2.72 bits per heavy atom. The summed E-state index contributed by atoms with van der Waals surface area (Å²) in [5.41, 5.74) is 5.73. The number of nitrogen functional groups attached to an aromatic ring is 1. The molecule has 0 saturated heterocycles. The Kier molecular flexibility index (Phi) is 3.59. The topological polar surface area (TPSA) is 72.2 Å². The van der Waals surface area contributed by atoms with Gasteiger partial charge >= 0.3 is 0 Å². The van der Waals surface area contributed by atoms with Gasteiger partial charge in [0.05, 0.1) is 0 Å². The van der Waals surface area contributed by atoms with Crippen molar-refractivity contribution >= 4 is 15.7 Å². The minimum atomic E-state index is -3.83. The molecule has 2 rings (SSSR count). The number of nitrogens with two attached hydrogens (primary N) is 1. The lowest BCUT2D eigenvalue weighted by atomic mass is 10.1. The van der Waals surface area contributed by atoms with E-state index in [1.54, 1.807) is 0 Å². The highest BCUT2D eigenvalue weighted by molar-refractivity contribution is 7.89. The van der Waals surface area contributed by atoms with Crippen molar-refractivity contribution in [2.24, 2.45) is 5.92 Å². The van der Waals surface area contributed by atoms with Crippen LogP contribution in [0.5, 0.6) is 0 Å². The predicted molar refractivity (Wildman–Crippen MR) is 67.9 cm³/mol. The van der Waals surface area contributed by atoms with Crippen molar-refractivity contribution in [3.8, 4) is 0 Å². The van der Waals surface area contributed by atoms with E-state index in [1.165, 1.54) is 6.07 Å². The van der Waals surface area contributed by atoms with Crippen LogP contribution in [-0.4, -0.2) is 14.5 Å². The number of hydrogen-bond acceptors (Lipinski definition) is 3. The summed E-state index contributed by atoms with van der Waals surface area (Å²) in [5.74, 6) is -0.272. The van der Waals surface area contributed by atoms with Crippen molar-refractivity contribution in [2.75, 3.05) is 5.73 Å². The summed E-state index contributed by atoms with van der Waals surface area (Å²) in [5, 5.41) is 0. The van der Waals surface area contributed by atoms with Crippen molar-refractivity contribution in [3.63, 3.8) is 0 Å². The summed E-state index contributed by atoms with van der Waals surface area (Å²) in [6.45, 7) is 2.08. The average Bonchev–Trinajstić information content (AvgIpc) is 2.66. The summed E-state index contributed by atoms with van der Waals surface area (Å²) in [6, 6.07) is 3.45. The van der Waals surface area contributed by atoms with Crippen LogP contribution in [0.2, 0.25) is 0 Å². The normalized spacial score (nSPS) is 24.3. The maximum Gasteiger partial charge on any atom is 0.243 e. The Labute approximate surface area is 106 Å². The van der Waals surface area contributed by atoms with E-state index in [0.717, 1.165) is 31.4 Å². The van der Waals surface area contributed by atoms with E-state index in [-0.39, 0.29) is 16.6 Å². The zero-order valence-corrected chi connectivity index (χ0v) is 11.0. The van der Waals surface area contributed by atoms with Gasteiger partial charge in [-0.3, -0.25) is 0 Å². The Balaban J connectivity index is 2.23. The van der Waals surface area contributed by atoms with E-state index in [0.29, 0.717) is 5.92 Å². The molecule has 3 N–H and O–H groups in total. The largest absolute Gasteiger partial charge is 0.399 e. The molecule has 0 heterocycles. The summed E-state index contributed by atoms with van der Waals surface area (Å²) in [7, 11) is -3.83. The fourth-order valence-corrected chi connectivity index (χ4v) is 3.72. The van der Waals surface area contributed by atoms with Crippen LogP contribution < -0.4 is 10.5 Å². The maximum absolute atomic E-state index is 13.5. The van der Waals surface area contributed by atoms with E-state index in [9.17, 15) is 12.8 Å². The Bertz CT molecular complexity index is 545. The molecule has 100 valence electrons. The van der Waals surface area contributed by atoms with Gasteiger partial charge in [-0.25, -0.2) is 17.5 Å². The van der Waals surface area contributed by atoms with Crippen LogP contribution in [0.4, 0.5) is 10.1 Å². The Hall–Kier alpha value is -1.14. The lowest BCUT2D eigenvalue weighted by Crippen LogP contribution is -2.33. The van der Waals surface area contributed by atoms with Gasteiger partial charge in [0.1, 0.15) is 10.7 Å². The zero-order valence-electron chi connectivity index (χ0n) is 10.2. The molecule has 1 fully saturated rings. The second kappa shape index (κ2) is 4.85. The summed E-state index contributed by atoms with van der Waals surface area (Å²) in [4.78, 5) is -0.373. The number of anilines is 1. The van der Waals surface area contributed by atoms with E-state index < -0.39 is 15.8 Å². The standard InChI is InChI=1S/C12H17FN2O2S/c1-8-2-4-10(6-8)15-18(16,17)12-7-9(14)3-5-11(12)13/h3,5,7-8,10,15H,2,4,6,14H2,1H3. The van der Waals surface area contributed by atoms with Crippen LogP contribution in [0.3, 0.4) is 0 Å². The molecule has 4 nitrogen and oxygen atoms in total. The summed E-state index contributed by atoms with van der Waals surface area (Å²) in [6.07, 6.45) is 2.58. The van der Waals surface area contributed by atoms with Gasteiger partial charge in [-0.2, -0.15) is 0 Å². The van der Waals surface area contributed by atoms with Crippen molar-refractivity contribution in [1.82, 2.24) is 4.72 Å². The lowest BCUT2D eigenvalue weighted by molar-refractivity contribution is 0.528. The third-order valence-electron chi connectivity index (χ3n) is 3.26. The second-order valence-electron chi connectivity index (χ2n) is 4.93. The molecular weight excluding hydrogens is 255 g/mol. The molecule has 0 aromatic heterocycles. The molecule has 18 heavy (non-hydrogen) atoms. The van der Waals surface area contributed by atoms with E-state index in [2.05, 4.69) is 11.6 Å². The molecule has 1 aliphatic carbocycles. The molecule has 6 heteroatoms. The third kappa shape index (κ3) is 2.81. The lowest BCUT2D eigenvalue weighted by Gasteiger charge is -2.13. The van der Waals surface area contributed by atoms with Gasteiger partial charge in [0, 0.05) is 11.7 Å². The predicted octanol–water partition coefficient (Wildman–Crippen LogP) is 1.87. The number of benzene rings is 1. The maximum atomic E-state index is 13.5. The fourth-order valence-electron chi connectivity index (χ4n) is 2.32. The first-order chi connectivity index (χ1) is 8.38. The van der Waals surface area contributed by atoms with Crippen molar-refractivity contribution in [1.29, 1.82) is 0 Å². The number of sulfonamides is 1. The first-order valence-corrected chi connectivity index (χ1v) is 7.44. The first-order valence-electron chi connectivity index (χ1n) is 5.96. The SMILES string of the molecule is CC1CCC(NS(=O)(=O)c2cc(N)ccc2F)C1. The van der Waals surface area contributed by atoms with Gasteiger partial charge in [-0.05, 0) is 43.4 Å². The smallest absolute Gasteiger partial charge is 0.243 e. The van der Waals surface area contributed by atoms with Crippen LogP contribution in [0.1, 0.15) is 26.2 Å². The van der Waals surface area contributed by atoms with Gasteiger partial charge in [0.15, 0.2) is 0 Å². The molecule has 2 atom stereocenters. The molecule has 0 aliphatic heterocycles. The molecule has 2 unspecified atom stereocenters. The molecule has 1 aliphatic rings. The average molecular weight is 272 g/mol. The van der Waals surface area contributed by atoms with Gasteiger partial charge in [-0.15, -0.1) is 0 Å². The molecule has 0 amide bonds. The summed E-state index contributed by atoms with van der Waals surface area (Å²) < 4.78 is 40.2. The number of hydrogen-bond donors (Lipinski definition) is 2. The van der Waals surface area contributed by atoms with Crippen molar-refractivity contribution < 1.29 is 12.8 Å². The van der Waals surface area contributed by atoms with E-state index in [1.807, 2.05) is 0 Å². The highest BCUT2D eigenvalue weighted by atomic mass is 32.2. The second-order valence-corrected chi connectivity index (χ2v) is 6.61. The minimum absolute atomic E-state index is 0.106. The molecule has 0 radical (unpaired) electrons. The molecule has 1 saturated carbocycles. The molecular formula is C12H17FN2O2S. The number of halogens is 1. The van der Waals surface area contributed by atoms with Crippen LogP contribution in [0, 0.1) is 11.7 Å². The monoisotopic (exact) mass is 272 g/mol. The molecule has 0 bridgehead atoms. The van der Waals surface area contributed by atoms with Gasteiger partial charge in [-0.1, -0.05) is 6.92 Å². The molecule has 1 aromatic carbocycles. The van der Waals surface area contributed by atoms with E-state index >= 15 is 0 Å². The first kappa shape index (κ1) is 13.3. The van der Waals surface area contributed by atoms with Crippen molar-refractivity contribution in [3.05, 3.63) is 24.0 Å². The van der Waals surface area contributed by atoms with E-state index in [4.69, 9.17) is 5.73 Å². The Morgan fingerprint density at radius 2 is 2.11 bits per heavy atom. The van der Waals surface area contributed by atoms with Crippen LogP contribution in [-0.2, 0) is 10.0 Å². The minimum Gasteiger partial charge on any atom is -0.399 e. The van der Waals surface area contributed by atoms with Gasteiger partial charge < -0.3 is 5.73 Å². The highest BCUT2D eigenvalue weighted by Crippen LogP contribution is 2.26. The number of nitrogens with one attached hydrogen (secondary N) is 1. The number of rotatable bonds is 3. The van der Waals surface area contributed by atoms with Gasteiger partial charge in [0.25, 0.3) is 0 Å². The van der Waals surface area contributed by atoms with Crippen LogP contribution in [0.15, 0.2) is 23.1 Å². The van der Waals surface area contributed by atoms with Crippen molar-refractivity contribution in [2.45, 2.75) is 37.1 Å². The quantitative estimate of drug-likeness (QED) is 0.825. The van der Waals surface area contributed by atoms with Crippen LogP contribution in [0.25, 0.3) is 0 Å². The fraction of sp³-hybridized carbons (Fsp3) is 0.500. The molecule has 1 aromatic rings. The zero-order chi connectivity index (χ0) is 13.3. The van der Waals surface area contributed by atoms with Crippen LogP contribution >= 0.6 is 0 Å². The Morgan fingerprint density at radius 1 is 1.39 bits per heavy atom.